The molecular weight excluding hydrogens is 529 g/mol. The van der Waals surface area contributed by atoms with Gasteiger partial charge in [0.1, 0.15) is 6.10 Å². The van der Waals surface area contributed by atoms with Gasteiger partial charge in [0.2, 0.25) is 0 Å². The second-order valence-electron chi connectivity index (χ2n) is 8.04. The van der Waals surface area contributed by atoms with Crippen LogP contribution in [-0.2, 0) is 9.53 Å². The summed E-state index contributed by atoms with van der Waals surface area (Å²) in [4.78, 5) is 23.9. The predicted octanol–water partition coefficient (Wildman–Crippen LogP) is 2.85. The lowest BCUT2D eigenvalue weighted by Gasteiger charge is -2.37. The number of aliphatic imine (C=N–C) groups is 1. The molecule has 2 aliphatic heterocycles. The van der Waals surface area contributed by atoms with Gasteiger partial charge in [0.25, 0.3) is 5.91 Å². The Balaban J connectivity index is 0.00000341. The fourth-order valence-electron chi connectivity index (χ4n) is 3.97. The van der Waals surface area contributed by atoms with Crippen LogP contribution in [0.25, 0.3) is 0 Å². The lowest BCUT2D eigenvalue weighted by Crippen LogP contribution is -2.55. The molecule has 2 aliphatic rings. The summed E-state index contributed by atoms with van der Waals surface area (Å²) in [5.74, 6) is 1.05. The minimum atomic E-state index is -0.237. The van der Waals surface area contributed by atoms with E-state index in [4.69, 9.17) is 21.3 Å². The van der Waals surface area contributed by atoms with E-state index in [-0.39, 0.29) is 42.0 Å². The van der Waals surface area contributed by atoms with E-state index in [2.05, 4.69) is 48.3 Å². The van der Waals surface area contributed by atoms with Crippen molar-refractivity contribution in [1.82, 2.24) is 20.0 Å². The molecule has 0 aromatic heterocycles. The summed E-state index contributed by atoms with van der Waals surface area (Å²) < 4.78 is 5.56. The number of guanidine groups is 1. The van der Waals surface area contributed by atoms with Crippen LogP contribution < -0.4 is 5.32 Å². The fraction of sp³-hybridized carbons (Fsp3) is 0.636. The lowest BCUT2D eigenvalue weighted by atomic mass is 10.1. The van der Waals surface area contributed by atoms with Crippen LogP contribution in [0.15, 0.2) is 29.3 Å². The van der Waals surface area contributed by atoms with Crippen molar-refractivity contribution in [2.45, 2.75) is 31.9 Å². The van der Waals surface area contributed by atoms with Gasteiger partial charge in [-0.15, -0.1) is 24.0 Å². The Kier molecular flexibility index (Phi) is 10.8. The van der Waals surface area contributed by atoms with Gasteiger partial charge in [-0.05, 0) is 51.6 Å². The maximum absolute atomic E-state index is 12.6. The monoisotopic (exact) mass is 563 g/mol. The highest BCUT2D eigenvalue weighted by atomic mass is 127. The molecule has 2 saturated heterocycles. The Labute approximate surface area is 208 Å². The molecule has 7 nitrogen and oxygen atoms in total. The normalized spacial score (nSPS) is 20.5. The molecule has 2 fully saturated rings. The van der Waals surface area contributed by atoms with Crippen LogP contribution in [0.1, 0.15) is 31.4 Å². The quantitative estimate of drug-likeness (QED) is 0.328. The third-order valence-corrected chi connectivity index (χ3v) is 5.97. The zero-order chi connectivity index (χ0) is 21.5. The standard InChI is InChI=1S/C22H34ClN5O2.HI/c1-4-24-22(25-16-19(26(2)3)17-7-9-18(23)10-8-17)28-13-11-27(12-14-28)21(29)20-6-5-15-30-20;/h7-10,19-20H,4-6,11-16H2,1-3H3,(H,24,25);1H. The minimum absolute atomic E-state index is 0. The number of amides is 1. The third-order valence-electron chi connectivity index (χ3n) is 5.72. The molecule has 0 saturated carbocycles. The second kappa shape index (κ2) is 12.8. The largest absolute Gasteiger partial charge is 0.368 e. The van der Waals surface area contributed by atoms with Crippen LogP contribution in [0.2, 0.25) is 5.02 Å². The van der Waals surface area contributed by atoms with Crippen LogP contribution in [0.3, 0.4) is 0 Å². The molecule has 1 N–H and O–H groups in total. The smallest absolute Gasteiger partial charge is 0.251 e. The van der Waals surface area contributed by atoms with Gasteiger partial charge in [-0.3, -0.25) is 9.79 Å². The van der Waals surface area contributed by atoms with Gasteiger partial charge in [-0.1, -0.05) is 23.7 Å². The molecule has 3 rings (SSSR count). The van der Waals surface area contributed by atoms with Gasteiger partial charge < -0.3 is 24.8 Å². The van der Waals surface area contributed by atoms with Gasteiger partial charge in [0.05, 0.1) is 12.6 Å². The average molecular weight is 564 g/mol. The molecule has 1 aromatic rings. The van der Waals surface area contributed by atoms with Crippen molar-refractivity contribution in [2.24, 2.45) is 4.99 Å². The number of halogens is 2. The van der Waals surface area contributed by atoms with E-state index < -0.39 is 0 Å². The highest BCUT2D eigenvalue weighted by Crippen LogP contribution is 2.21. The highest BCUT2D eigenvalue weighted by molar-refractivity contribution is 14.0. The first-order chi connectivity index (χ1) is 14.5. The zero-order valence-electron chi connectivity index (χ0n) is 18.7. The first kappa shape index (κ1) is 26.2. The van der Waals surface area contributed by atoms with Gasteiger partial charge in [-0.25, -0.2) is 0 Å². The first-order valence-corrected chi connectivity index (χ1v) is 11.2. The number of rotatable bonds is 6. The van der Waals surface area contributed by atoms with Gasteiger partial charge in [0, 0.05) is 44.4 Å². The summed E-state index contributed by atoms with van der Waals surface area (Å²) >= 11 is 6.05. The molecule has 2 atom stereocenters. The number of ether oxygens (including phenoxy) is 1. The van der Waals surface area contributed by atoms with E-state index in [1.807, 2.05) is 17.0 Å². The molecule has 1 aromatic carbocycles. The molecule has 31 heavy (non-hydrogen) atoms. The van der Waals surface area contributed by atoms with Gasteiger partial charge in [0.15, 0.2) is 5.96 Å². The maximum Gasteiger partial charge on any atom is 0.251 e. The van der Waals surface area contributed by atoms with Crippen LogP contribution >= 0.6 is 35.6 Å². The van der Waals surface area contributed by atoms with Crippen LogP contribution in [0.5, 0.6) is 0 Å². The lowest BCUT2D eigenvalue weighted by molar-refractivity contribution is -0.142. The second-order valence-corrected chi connectivity index (χ2v) is 8.48. The Morgan fingerprint density at radius 1 is 1.23 bits per heavy atom. The number of nitrogens with one attached hydrogen (secondary N) is 1. The molecule has 2 heterocycles. The van der Waals surface area contributed by atoms with E-state index in [1.165, 1.54) is 5.56 Å². The van der Waals surface area contributed by atoms with Crippen molar-refractivity contribution in [3.8, 4) is 0 Å². The third kappa shape index (κ3) is 7.20. The van der Waals surface area contributed by atoms with E-state index in [0.29, 0.717) is 26.2 Å². The number of benzene rings is 1. The Bertz CT molecular complexity index is 717. The maximum atomic E-state index is 12.6. The fourth-order valence-corrected chi connectivity index (χ4v) is 4.09. The summed E-state index contributed by atoms with van der Waals surface area (Å²) in [5, 5.41) is 4.15. The Morgan fingerprint density at radius 3 is 2.42 bits per heavy atom. The molecule has 0 radical (unpaired) electrons. The van der Waals surface area contributed by atoms with Crippen LogP contribution in [-0.4, -0.2) is 92.6 Å². The van der Waals surface area contributed by atoms with Crippen molar-refractivity contribution < 1.29 is 9.53 Å². The van der Waals surface area contributed by atoms with Crippen LogP contribution in [0, 0.1) is 0 Å². The van der Waals surface area contributed by atoms with Gasteiger partial charge >= 0.3 is 0 Å². The average Bonchev–Trinajstić information content (AvgIpc) is 3.29. The van der Waals surface area contributed by atoms with Crippen molar-refractivity contribution in [2.75, 3.05) is 60.0 Å². The van der Waals surface area contributed by atoms with E-state index >= 15 is 0 Å². The topological polar surface area (TPSA) is 60.4 Å². The first-order valence-electron chi connectivity index (χ1n) is 10.8. The van der Waals surface area contributed by atoms with E-state index in [1.54, 1.807) is 0 Å². The number of hydrogen-bond acceptors (Lipinski definition) is 4. The predicted molar refractivity (Wildman–Crippen MR) is 136 cm³/mol. The van der Waals surface area contributed by atoms with Crippen molar-refractivity contribution >= 4 is 47.4 Å². The molecular formula is C22H35ClIN5O2. The molecule has 0 aliphatic carbocycles. The highest BCUT2D eigenvalue weighted by Gasteiger charge is 2.31. The van der Waals surface area contributed by atoms with E-state index in [9.17, 15) is 4.79 Å². The van der Waals surface area contributed by atoms with Crippen molar-refractivity contribution in [3.05, 3.63) is 34.9 Å². The molecule has 0 spiro atoms. The zero-order valence-corrected chi connectivity index (χ0v) is 21.8. The molecule has 174 valence electrons. The van der Waals surface area contributed by atoms with Crippen LogP contribution in [0.4, 0.5) is 0 Å². The molecule has 0 bridgehead atoms. The summed E-state index contributed by atoms with van der Waals surface area (Å²) in [6.07, 6.45) is 1.59. The Hall–Kier alpha value is -1.10. The number of hydrogen-bond donors (Lipinski definition) is 1. The summed E-state index contributed by atoms with van der Waals surface area (Å²) in [6.45, 7) is 7.20. The SMILES string of the molecule is CCNC(=NCC(c1ccc(Cl)cc1)N(C)C)N1CCN(C(=O)C2CCCO2)CC1.I. The molecule has 9 heteroatoms. The van der Waals surface area contributed by atoms with Gasteiger partial charge in [-0.2, -0.15) is 0 Å². The number of piperazine rings is 1. The number of likely N-dealkylation sites (N-methyl/N-ethyl adjacent to an activating group) is 1. The van der Waals surface area contributed by atoms with E-state index in [0.717, 1.165) is 43.5 Å². The minimum Gasteiger partial charge on any atom is -0.368 e. The molecule has 1 amide bonds. The Morgan fingerprint density at radius 2 is 1.87 bits per heavy atom. The number of carbonyl (C=O) groups is 1. The summed E-state index contributed by atoms with van der Waals surface area (Å²) in [6, 6.07) is 8.13. The number of nitrogens with zero attached hydrogens (tertiary/aromatic N) is 4. The summed E-state index contributed by atoms with van der Waals surface area (Å²) in [7, 11) is 4.13. The van der Waals surface area contributed by atoms with Crippen molar-refractivity contribution in [1.29, 1.82) is 0 Å². The summed E-state index contributed by atoms with van der Waals surface area (Å²) in [5.41, 5.74) is 1.19. The van der Waals surface area contributed by atoms with Crippen molar-refractivity contribution in [3.63, 3.8) is 0 Å². The number of carbonyl (C=O) groups excluding carboxylic acids is 1. The molecule has 2 unspecified atom stereocenters.